The Labute approximate surface area is 365 Å². The van der Waals surface area contributed by atoms with Gasteiger partial charge in [0, 0.05) is 22.5 Å². The molecule has 0 aliphatic carbocycles. The van der Waals surface area contributed by atoms with Crippen LogP contribution in [0.2, 0.25) is 0 Å². The molecule has 1 heterocycles. The summed E-state index contributed by atoms with van der Waals surface area (Å²) < 4.78 is 0. The van der Waals surface area contributed by atoms with Gasteiger partial charge in [-0.25, -0.2) is 4.98 Å². The first kappa shape index (κ1) is 39.8. The molecule has 0 N–H and O–H groups in total. The maximum Gasteiger partial charge on any atom is 0.238 e. The number of nitrogens with zero attached hydrogens (tertiary/aromatic N) is 5. The van der Waals surface area contributed by atoms with E-state index in [0.29, 0.717) is 17.6 Å². The average Bonchev–Trinajstić information content (AvgIpc) is 3.29. The van der Waals surface area contributed by atoms with Crippen molar-refractivity contribution in [2.75, 3.05) is 9.80 Å². The highest BCUT2D eigenvalue weighted by Crippen LogP contribution is 2.45. The van der Waals surface area contributed by atoms with Gasteiger partial charge in [0.15, 0.2) is 11.6 Å². The Hall–Kier alpha value is -7.63. The van der Waals surface area contributed by atoms with Gasteiger partial charge in [-0.1, -0.05) is 151 Å². The predicted octanol–water partition coefficient (Wildman–Crippen LogP) is 15.3. The van der Waals surface area contributed by atoms with Gasteiger partial charge in [0.1, 0.15) is 0 Å². The molecule has 1 aromatic heterocycles. The molecule has 8 aromatic carbocycles. The molecule has 5 nitrogen and oxygen atoms in total. The fraction of sp³-hybridized carbons (Fsp3) is 0.105. The fourth-order valence-corrected chi connectivity index (χ4v) is 8.81. The van der Waals surface area contributed by atoms with Gasteiger partial charge in [-0.2, -0.15) is 9.97 Å². The molecule has 302 valence electrons. The van der Waals surface area contributed by atoms with E-state index >= 15 is 0 Å². The molecule has 9 aromatic rings. The number of anilines is 6. The minimum absolute atomic E-state index is 0.514. The molecule has 0 spiro atoms. The van der Waals surface area contributed by atoms with Crippen LogP contribution < -0.4 is 9.80 Å². The van der Waals surface area contributed by atoms with Crippen LogP contribution in [0.25, 0.3) is 45.0 Å². The molecule has 5 heteroatoms. The quantitative estimate of drug-likeness (QED) is 0.138. The third-order valence-corrected chi connectivity index (χ3v) is 11.3. The van der Waals surface area contributed by atoms with Crippen LogP contribution >= 0.6 is 0 Å². The first-order chi connectivity index (χ1) is 30.2. The number of para-hydroxylation sites is 1. The third-order valence-electron chi connectivity index (χ3n) is 11.3. The van der Waals surface area contributed by atoms with E-state index in [1.54, 1.807) is 0 Å². The molecule has 0 saturated heterocycles. The predicted molar refractivity (Wildman–Crippen MR) is 259 cm³/mol. The SMILES string of the molecule is Cc1cc(C)c(N(c2cccc(N(c3ccccc3)c3nc(-c4ccccc4)nc(-c4cc(-c5ccccc5)cc(-c5ccccc5)c4)n3)c2)c2c(C)cc(C)cc2C)c(C)c1. The van der Waals surface area contributed by atoms with Crippen LogP contribution in [0, 0.1) is 41.5 Å². The first-order valence-corrected chi connectivity index (χ1v) is 21.2. The van der Waals surface area contributed by atoms with E-state index in [2.05, 4.69) is 215 Å². The Morgan fingerprint density at radius 3 is 1.13 bits per heavy atom. The molecule has 0 fully saturated rings. The molecule has 0 aliphatic rings. The lowest BCUT2D eigenvalue weighted by Crippen LogP contribution is -2.18. The van der Waals surface area contributed by atoms with E-state index in [-0.39, 0.29) is 0 Å². The Kier molecular flexibility index (Phi) is 11.0. The van der Waals surface area contributed by atoms with Crippen LogP contribution in [0.4, 0.5) is 34.4 Å². The van der Waals surface area contributed by atoms with Crippen molar-refractivity contribution in [1.82, 2.24) is 15.0 Å². The maximum atomic E-state index is 5.41. The van der Waals surface area contributed by atoms with Gasteiger partial charge in [0.05, 0.1) is 17.1 Å². The monoisotopic (exact) mass is 803 g/mol. The third kappa shape index (κ3) is 8.13. The molecular formula is C57H49N5. The van der Waals surface area contributed by atoms with E-state index in [9.17, 15) is 0 Å². The van der Waals surface area contributed by atoms with E-state index in [4.69, 9.17) is 15.0 Å². The minimum Gasteiger partial charge on any atom is -0.309 e. The Morgan fingerprint density at radius 2 is 0.661 bits per heavy atom. The molecule has 9 rings (SSSR count). The largest absolute Gasteiger partial charge is 0.309 e. The van der Waals surface area contributed by atoms with Gasteiger partial charge in [-0.3, -0.25) is 4.90 Å². The number of rotatable bonds is 10. The second kappa shape index (κ2) is 17.2. The average molecular weight is 804 g/mol. The summed E-state index contributed by atoms with van der Waals surface area (Å²) in [6.07, 6.45) is 0. The van der Waals surface area contributed by atoms with Crippen molar-refractivity contribution >= 4 is 34.4 Å². The smallest absolute Gasteiger partial charge is 0.238 e. The van der Waals surface area contributed by atoms with Gasteiger partial charge in [0.25, 0.3) is 0 Å². The number of benzene rings is 8. The van der Waals surface area contributed by atoms with Crippen molar-refractivity contribution in [3.05, 3.63) is 221 Å². The van der Waals surface area contributed by atoms with Crippen molar-refractivity contribution < 1.29 is 0 Å². The summed E-state index contributed by atoms with van der Waals surface area (Å²) in [5.74, 6) is 1.69. The molecule has 0 amide bonds. The lowest BCUT2D eigenvalue weighted by atomic mass is 9.96. The summed E-state index contributed by atoms with van der Waals surface area (Å²) in [4.78, 5) is 20.5. The van der Waals surface area contributed by atoms with Crippen LogP contribution in [0.5, 0.6) is 0 Å². The lowest BCUT2D eigenvalue weighted by Gasteiger charge is -2.33. The minimum atomic E-state index is 0.514. The summed E-state index contributed by atoms with van der Waals surface area (Å²) in [7, 11) is 0. The molecule has 0 atom stereocenters. The summed E-state index contributed by atoms with van der Waals surface area (Å²) in [6, 6.07) is 66.1. The topological polar surface area (TPSA) is 45.2 Å². The Morgan fingerprint density at radius 1 is 0.290 bits per heavy atom. The molecule has 0 aliphatic heterocycles. The Balaban J connectivity index is 1.28. The molecule has 0 saturated carbocycles. The van der Waals surface area contributed by atoms with E-state index in [1.165, 1.54) is 44.8 Å². The van der Waals surface area contributed by atoms with Crippen LogP contribution in [0.3, 0.4) is 0 Å². The summed E-state index contributed by atoms with van der Waals surface area (Å²) in [5, 5.41) is 0. The molecule has 62 heavy (non-hydrogen) atoms. The van der Waals surface area contributed by atoms with E-state index < -0.39 is 0 Å². The summed E-state index contributed by atoms with van der Waals surface area (Å²) in [6.45, 7) is 13.2. The molecule has 0 radical (unpaired) electrons. The number of aryl methyl sites for hydroxylation is 6. The Bertz CT molecular complexity index is 2860. The fourth-order valence-electron chi connectivity index (χ4n) is 8.81. The van der Waals surface area contributed by atoms with Crippen LogP contribution in [-0.2, 0) is 0 Å². The first-order valence-electron chi connectivity index (χ1n) is 21.2. The highest BCUT2D eigenvalue weighted by molar-refractivity contribution is 5.87. The highest BCUT2D eigenvalue weighted by atomic mass is 15.3. The van der Waals surface area contributed by atoms with Gasteiger partial charge >= 0.3 is 0 Å². The van der Waals surface area contributed by atoms with Gasteiger partial charge in [-0.15, -0.1) is 0 Å². The zero-order valence-corrected chi connectivity index (χ0v) is 36.1. The molecule has 0 unspecified atom stereocenters. The van der Waals surface area contributed by atoms with Crippen molar-refractivity contribution in [3.63, 3.8) is 0 Å². The van der Waals surface area contributed by atoms with Gasteiger partial charge in [0.2, 0.25) is 5.95 Å². The number of aromatic nitrogens is 3. The van der Waals surface area contributed by atoms with Crippen LogP contribution in [0.15, 0.2) is 188 Å². The zero-order valence-electron chi connectivity index (χ0n) is 36.1. The van der Waals surface area contributed by atoms with Crippen molar-refractivity contribution in [1.29, 1.82) is 0 Å². The van der Waals surface area contributed by atoms with Crippen molar-refractivity contribution in [2.24, 2.45) is 0 Å². The van der Waals surface area contributed by atoms with Crippen molar-refractivity contribution in [2.45, 2.75) is 41.5 Å². The molecular weight excluding hydrogens is 755 g/mol. The normalized spacial score (nSPS) is 11.1. The second-order valence-corrected chi connectivity index (χ2v) is 16.2. The molecule has 0 bridgehead atoms. The zero-order chi connectivity index (χ0) is 42.7. The van der Waals surface area contributed by atoms with Gasteiger partial charge in [-0.05, 0) is 135 Å². The van der Waals surface area contributed by atoms with E-state index in [1.807, 2.05) is 24.3 Å². The van der Waals surface area contributed by atoms with Crippen LogP contribution in [-0.4, -0.2) is 15.0 Å². The number of hydrogen-bond acceptors (Lipinski definition) is 5. The lowest BCUT2D eigenvalue weighted by molar-refractivity contribution is 1.02. The summed E-state index contributed by atoms with van der Waals surface area (Å²) >= 11 is 0. The second-order valence-electron chi connectivity index (χ2n) is 16.2. The van der Waals surface area contributed by atoms with Crippen LogP contribution in [0.1, 0.15) is 33.4 Å². The number of hydrogen-bond donors (Lipinski definition) is 0. The summed E-state index contributed by atoms with van der Waals surface area (Å²) in [5.41, 5.74) is 18.8. The standard InChI is InChI=1S/C57H49N5/c1-38-30-40(3)53(41(4)31-38)62(54-42(5)32-39(2)33-43(54)6)52-29-19-28-51(37-52)61(50-26-17-10-18-27-50)57-59-55(46-24-15-9-16-25-46)58-56(60-57)49-35-47(44-20-11-7-12-21-44)34-48(36-49)45-22-13-8-14-23-45/h7-37H,1-6H3. The van der Waals surface area contributed by atoms with Gasteiger partial charge < -0.3 is 4.90 Å². The van der Waals surface area contributed by atoms with Crippen molar-refractivity contribution in [3.8, 4) is 45.0 Å². The van der Waals surface area contributed by atoms with E-state index in [0.717, 1.165) is 50.4 Å². The highest BCUT2D eigenvalue weighted by Gasteiger charge is 2.25. The maximum absolute atomic E-state index is 5.41.